The Hall–Kier alpha value is -3.04. The molecule has 30 heavy (non-hydrogen) atoms. The summed E-state index contributed by atoms with van der Waals surface area (Å²) in [5, 5.41) is 24.9. The van der Waals surface area contributed by atoms with Crippen LogP contribution < -0.4 is 11.1 Å². The normalized spacial score (nSPS) is 10.3. The van der Waals surface area contributed by atoms with Gasteiger partial charge in [0, 0.05) is 33.3 Å². The van der Waals surface area contributed by atoms with Crippen molar-refractivity contribution >= 4 is 52.1 Å². The molecule has 1 aromatic carbocycles. The molecule has 2 heterocycles. The lowest BCUT2D eigenvalue weighted by Gasteiger charge is -2.12. The molecule has 0 fully saturated rings. The van der Waals surface area contributed by atoms with Crippen LogP contribution in [0.4, 0.5) is 11.5 Å². The Bertz CT molecular complexity index is 1180. The second-order valence-electron chi connectivity index (χ2n) is 6.23. The van der Waals surface area contributed by atoms with E-state index in [0.29, 0.717) is 32.6 Å². The van der Waals surface area contributed by atoms with E-state index in [1.807, 2.05) is 36.6 Å². The molecule has 0 radical (unpaired) electrons. The molecule has 150 valence electrons. The lowest BCUT2D eigenvalue weighted by atomic mass is 10.0. The summed E-state index contributed by atoms with van der Waals surface area (Å²) in [7, 11) is 0. The van der Waals surface area contributed by atoms with Gasteiger partial charge >= 0.3 is 0 Å². The molecule has 3 N–H and O–H groups in total. The van der Waals surface area contributed by atoms with Crippen LogP contribution in [0.25, 0.3) is 10.4 Å². The number of benzene rings is 1. The number of pyridine rings is 1. The van der Waals surface area contributed by atoms with E-state index < -0.39 is 0 Å². The second-order valence-corrected chi connectivity index (χ2v) is 8.70. The van der Waals surface area contributed by atoms with E-state index in [1.165, 1.54) is 23.1 Å². The quantitative estimate of drug-likeness (QED) is 0.494. The number of nitrogens with one attached hydrogen (secondary N) is 1. The molecule has 0 unspecified atom stereocenters. The van der Waals surface area contributed by atoms with Crippen molar-refractivity contribution in [2.24, 2.45) is 0 Å². The van der Waals surface area contributed by atoms with Gasteiger partial charge in [0.25, 0.3) is 0 Å². The number of aryl methyl sites for hydroxylation is 1. The number of nitrogen functional groups attached to an aromatic ring is 1. The number of carbonyl (C=O) groups excluding carboxylic acids is 1. The molecular formula is C21H16ClN5OS2. The molecule has 0 aliphatic heterocycles. The molecule has 1 amide bonds. The van der Waals surface area contributed by atoms with E-state index in [-0.39, 0.29) is 23.7 Å². The van der Waals surface area contributed by atoms with Crippen molar-refractivity contribution in [1.29, 1.82) is 10.5 Å². The monoisotopic (exact) mass is 453 g/mol. The lowest BCUT2D eigenvalue weighted by Crippen LogP contribution is -2.13. The number of thioether (sulfide) groups is 1. The third-order valence-corrected chi connectivity index (χ3v) is 6.32. The number of aromatic nitrogens is 1. The number of anilines is 2. The first kappa shape index (κ1) is 21.7. The summed E-state index contributed by atoms with van der Waals surface area (Å²) in [6.07, 6.45) is 0.206. The highest BCUT2D eigenvalue weighted by Gasteiger charge is 2.21. The number of rotatable bonds is 6. The Morgan fingerprint density at radius 1 is 1.30 bits per heavy atom. The van der Waals surface area contributed by atoms with E-state index in [1.54, 1.807) is 12.1 Å². The molecule has 0 aliphatic rings. The number of carbonyl (C=O) groups is 1. The zero-order valence-corrected chi connectivity index (χ0v) is 18.3. The van der Waals surface area contributed by atoms with Gasteiger partial charge in [0.2, 0.25) is 5.91 Å². The molecule has 0 bridgehead atoms. The van der Waals surface area contributed by atoms with Crippen LogP contribution in [0.15, 0.2) is 40.7 Å². The van der Waals surface area contributed by atoms with Gasteiger partial charge in [-0.25, -0.2) is 4.98 Å². The lowest BCUT2D eigenvalue weighted by molar-refractivity contribution is -0.115. The summed E-state index contributed by atoms with van der Waals surface area (Å²) in [6.45, 7) is 1.88. The molecule has 6 nitrogen and oxygen atoms in total. The minimum Gasteiger partial charge on any atom is -0.383 e. The van der Waals surface area contributed by atoms with E-state index in [2.05, 4.69) is 16.4 Å². The van der Waals surface area contributed by atoms with Crippen LogP contribution in [-0.4, -0.2) is 16.6 Å². The van der Waals surface area contributed by atoms with Crippen molar-refractivity contribution in [1.82, 2.24) is 4.98 Å². The molecule has 0 spiro atoms. The van der Waals surface area contributed by atoms with Crippen molar-refractivity contribution in [3.8, 4) is 22.6 Å². The van der Waals surface area contributed by atoms with Crippen molar-refractivity contribution in [2.45, 2.75) is 18.4 Å². The molecule has 0 atom stereocenters. The Labute approximate surface area is 187 Å². The third-order valence-electron chi connectivity index (χ3n) is 4.22. The summed E-state index contributed by atoms with van der Waals surface area (Å²) in [4.78, 5) is 17.3. The first-order chi connectivity index (χ1) is 14.4. The van der Waals surface area contributed by atoms with Gasteiger partial charge < -0.3 is 11.1 Å². The fourth-order valence-corrected chi connectivity index (χ4v) is 4.64. The molecular weight excluding hydrogens is 438 g/mol. The largest absolute Gasteiger partial charge is 0.383 e. The highest BCUT2D eigenvalue weighted by molar-refractivity contribution is 7.99. The van der Waals surface area contributed by atoms with Crippen molar-refractivity contribution in [2.75, 3.05) is 16.8 Å². The summed E-state index contributed by atoms with van der Waals surface area (Å²) in [5.41, 5.74) is 8.53. The van der Waals surface area contributed by atoms with Crippen LogP contribution in [0.1, 0.15) is 23.1 Å². The van der Waals surface area contributed by atoms with Gasteiger partial charge in [0.05, 0.1) is 5.56 Å². The SMILES string of the molecule is Cc1ccc(Cl)cc1NC(=O)CCSc1nc(N)c(C#N)c(-c2cccs2)c1C#N. The van der Waals surface area contributed by atoms with Crippen molar-refractivity contribution in [3.05, 3.63) is 57.4 Å². The van der Waals surface area contributed by atoms with Crippen molar-refractivity contribution < 1.29 is 4.79 Å². The van der Waals surface area contributed by atoms with E-state index in [0.717, 1.165) is 10.4 Å². The number of amides is 1. The fraction of sp³-hybridized carbons (Fsp3) is 0.143. The Morgan fingerprint density at radius 3 is 2.73 bits per heavy atom. The number of thiophene rings is 1. The van der Waals surface area contributed by atoms with Gasteiger partial charge in [-0.05, 0) is 36.1 Å². The van der Waals surface area contributed by atoms with Crippen LogP contribution in [0.5, 0.6) is 0 Å². The summed E-state index contributed by atoms with van der Waals surface area (Å²) in [6, 6.07) is 13.2. The number of hydrogen-bond donors (Lipinski definition) is 2. The van der Waals surface area contributed by atoms with Gasteiger partial charge in [-0.15, -0.1) is 23.1 Å². The average molecular weight is 454 g/mol. The molecule has 3 rings (SSSR count). The van der Waals surface area contributed by atoms with Gasteiger partial charge in [-0.2, -0.15) is 10.5 Å². The average Bonchev–Trinajstić information content (AvgIpc) is 3.24. The fourth-order valence-electron chi connectivity index (χ4n) is 2.75. The number of nitrogens with zero attached hydrogens (tertiary/aromatic N) is 3. The minimum absolute atomic E-state index is 0.0707. The van der Waals surface area contributed by atoms with Crippen LogP contribution in [0, 0.1) is 29.6 Å². The van der Waals surface area contributed by atoms with Gasteiger partial charge in [0.15, 0.2) is 0 Å². The standard InChI is InChI=1S/C21H16ClN5OS2/c1-12-4-5-13(22)9-16(12)26-18(28)6-8-30-21-15(11-24)19(17-3-2-7-29-17)14(10-23)20(25)27-21/h2-5,7,9H,6,8H2,1H3,(H2,25,27)(H,26,28). The number of halogens is 1. The number of nitriles is 2. The summed E-state index contributed by atoms with van der Waals surface area (Å²) < 4.78 is 0. The summed E-state index contributed by atoms with van der Waals surface area (Å²) in [5.74, 6) is 0.287. The summed E-state index contributed by atoms with van der Waals surface area (Å²) >= 11 is 8.66. The molecule has 3 aromatic rings. The second kappa shape index (κ2) is 9.64. The topological polar surface area (TPSA) is 116 Å². The smallest absolute Gasteiger partial charge is 0.225 e. The first-order valence-electron chi connectivity index (χ1n) is 8.81. The maximum Gasteiger partial charge on any atom is 0.225 e. The Morgan fingerprint density at radius 2 is 2.07 bits per heavy atom. The predicted octanol–water partition coefficient (Wildman–Crippen LogP) is 5.22. The first-order valence-corrected chi connectivity index (χ1v) is 11.0. The highest BCUT2D eigenvalue weighted by atomic mass is 35.5. The van der Waals surface area contributed by atoms with Gasteiger partial charge in [-0.3, -0.25) is 4.79 Å². The van der Waals surface area contributed by atoms with E-state index in [9.17, 15) is 15.3 Å². The van der Waals surface area contributed by atoms with Crippen LogP contribution >= 0.6 is 34.7 Å². The molecule has 0 saturated carbocycles. The maximum atomic E-state index is 12.3. The minimum atomic E-state index is -0.175. The molecule has 9 heteroatoms. The van der Waals surface area contributed by atoms with Gasteiger partial charge in [-0.1, -0.05) is 23.7 Å². The van der Waals surface area contributed by atoms with Crippen molar-refractivity contribution in [3.63, 3.8) is 0 Å². The molecule has 0 aliphatic carbocycles. The van der Waals surface area contributed by atoms with Crippen LogP contribution in [0.3, 0.4) is 0 Å². The van der Waals surface area contributed by atoms with Crippen LogP contribution in [0.2, 0.25) is 5.02 Å². The maximum absolute atomic E-state index is 12.3. The number of hydrogen-bond acceptors (Lipinski definition) is 7. The zero-order chi connectivity index (χ0) is 21.7. The third kappa shape index (κ3) is 4.74. The molecule has 2 aromatic heterocycles. The zero-order valence-electron chi connectivity index (χ0n) is 15.9. The van der Waals surface area contributed by atoms with E-state index in [4.69, 9.17) is 17.3 Å². The Kier molecular flexibility index (Phi) is 6.96. The molecule has 0 saturated heterocycles. The van der Waals surface area contributed by atoms with Gasteiger partial charge in [0.1, 0.15) is 28.5 Å². The predicted molar refractivity (Wildman–Crippen MR) is 122 cm³/mol. The highest BCUT2D eigenvalue weighted by Crippen LogP contribution is 2.37. The Balaban J connectivity index is 1.77. The van der Waals surface area contributed by atoms with Crippen LogP contribution in [-0.2, 0) is 4.79 Å². The number of nitrogens with two attached hydrogens (primary N) is 1. The van der Waals surface area contributed by atoms with E-state index >= 15 is 0 Å².